The smallest absolute Gasteiger partial charge is 0.220 e. The second-order valence-electron chi connectivity index (χ2n) is 5.43. The van der Waals surface area contributed by atoms with Gasteiger partial charge in [-0.2, -0.15) is 11.8 Å². The molecule has 0 spiro atoms. The van der Waals surface area contributed by atoms with E-state index in [0.29, 0.717) is 18.7 Å². The van der Waals surface area contributed by atoms with Gasteiger partial charge in [0.25, 0.3) is 0 Å². The third-order valence-corrected chi connectivity index (χ3v) is 4.23. The molecule has 3 nitrogen and oxygen atoms in total. The summed E-state index contributed by atoms with van der Waals surface area (Å²) >= 11 is 1.57. The SMILES string of the molecule is CC[C@H](CC(=O)NC[C@](C)(O)CSC)c1ccccc1. The average Bonchev–Trinajstić information content (AvgIpc) is 2.43. The van der Waals surface area contributed by atoms with E-state index in [1.165, 1.54) is 5.56 Å². The summed E-state index contributed by atoms with van der Waals surface area (Å²) in [6.45, 7) is 4.14. The van der Waals surface area contributed by atoms with Gasteiger partial charge in [-0.05, 0) is 31.1 Å². The predicted molar refractivity (Wildman–Crippen MR) is 86.1 cm³/mol. The van der Waals surface area contributed by atoms with E-state index >= 15 is 0 Å². The van der Waals surface area contributed by atoms with Crippen molar-refractivity contribution in [3.05, 3.63) is 35.9 Å². The Morgan fingerprint density at radius 2 is 2.05 bits per heavy atom. The molecular weight excluding hydrogens is 270 g/mol. The van der Waals surface area contributed by atoms with Crippen LogP contribution in [0.3, 0.4) is 0 Å². The van der Waals surface area contributed by atoms with Crippen molar-refractivity contribution in [3.63, 3.8) is 0 Å². The van der Waals surface area contributed by atoms with Crippen LogP contribution in [-0.2, 0) is 4.79 Å². The summed E-state index contributed by atoms with van der Waals surface area (Å²) in [6.07, 6.45) is 3.34. The van der Waals surface area contributed by atoms with Crippen LogP contribution < -0.4 is 5.32 Å². The summed E-state index contributed by atoms with van der Waals surface area (Å²) < 4.78 is 0. The summed E-state index contributed by atoms with van der Waals surface area (Å²) in [4.78, 5) is 12.0. The van der Waals surface area contributed by atoms with Crippen molar-refractivity contribution in [2.24, 2.45) is 0 Å². The van der Waals surface area contributed by atoms with Crippen LogP contribution >= 0.6 is 11.8 Å². The van der Waals surface area contributed by atoms with Gasteiger partial charge in [-0.1, -0.05) is 37.3 Å². The van der Waals surface area contributed by atoms with Crippen molar-refractivity contribution in [3.8, 4) is 0 Å². The van der Waals surface area contributed by atoms with Gasteiger partial charge in [0.05, 0.1) is 5.60 Å². The Morgan fingerprint density at radius 3 is 2.60 bits per heavy atom. The van der Waals surface area contributed by atoms with Gasteiger partial charge < -0.3 is 10.4 Å². The number of benzene rings is 1. The van der Waals surface area contributed by atoms with Crippen molar-refractivity contribution in [2.45, 2.75) is 38.2 Å². The minimum absolute atomic E-state index is 0.00193. The van der Waals surface area contributed by atoms with Crippen molar-refractivity contribution in [2.75, 3.05) is 18.6 Å². The lowest BCUT2D eigenvalue weighted by Gasteiger charge is -2.23. The van der Waals surface area contributed by atoms with E-state index in [-0.39, 0.29) is 11.8 Å². The van der Waals surface area contributed by atoms with Gasteiger partial charge >= 0.3 is 0 Å². The topological polar surface area (TPSA) is 49.3 Å². The second-order valence-corrected chi connectivity index (χ2v) is 6.29. The summed E-state index contributed by atoms with van der Waals surface area (Å²) in [6, 6.07) is 10.1. The number of carbonyl (C=O) groups is 1. The van der Waals surface area contributed by atoms with E-state index in [4.69, 9.17) is 0 Å². The van der Waals surface area contributed by atoms with Gasteiger partial charge in [0.2, 0.25) is 5.91 Å². The summed E-state index contributed by atoms with van der Waals surface area (Å²) in [5.74, 6) is 0.854. The first-order valence-electron chi connectivity index (χ1n) is 7.01. The summed E-state index contributed by atoms with van der Waals surface area (Å²) in [5, 5.41) is 12.9. The molecule has 2 N–H and O–H groups in total. The zero-order valence-corrected chi connectivity index (χ0v) is 13.4. The molecule has 1 aromatic rings. The van der Waals surface area contributed by atoms with E-state index in [1.807, 2.05) is 24.5 Å². The van der Waals surface area contributed by atoms with E-state index in [9.17, 15) is 9.90 Å². The molecular formula is C16H25NO2S. The fourth-order valence-corrected chi connectivity index (χ4v) is 2.89. The molecule has 0 saturated heterocycles. The zero-order valence-electron chi connectivity index (χ0n) is 12.6. The lowest BCUT2D eigenvalue weighted by Crippen LogP contribution is -2.42. The number of thioether (sulfide) groups is 1. The predicted octanol–water partition coefficient (Wildman–Crippen LogP) is 2.80. The number of rotatable bonds is 8. The third kappa shape index (κ3) is 5.97. The third-order valence-electron chi connectivity index (χ3n) is 3.32. The van der Waals surface area contributed by atoms with Crippen LogP contribution in [0.1, 0.15) is 38.2 Å². The molecule has 0 saturated carbocycles. The quantitative estimate of drug-likeness (QED) is 0.775. The molecule has 1 aromatic carbocycles. The maximum absolute atomic E-state index is 12.0. The Hall–Kier alpha value is -1.00. The minimum Gasteiger partial charge on any atom is -0.387 e. The van der Waals surface area contributed by atoms with Gasteiger partial charge in [-0.3, -0.25) is 4.79 Å². The molecule has 0 aliphatic carbocycles. The molecule has 1 amide bonds. The number of aliphatic hydroxyl groups is 1. The Labute approximate surface area is 126 Å². The van der Waals surface area contributed by atoms with Crippen LogP contribution in [0.25, 0.3) is 0 Å². The van der Waals surface area contributed by atoms with Crippen LogP contribution in [0, 0.1) is 0 Å². The van der Waals surface area contributed by atoms with Gasteiger partial charge in [0.1, 0.15) is 0 Å². The molecule has 0 unspecified atom stereocenters. The van der Waals surface area contributed by atoms with Crippen molar-refractivity contribution >= 4 is 17.7 Å². The number of nitrogens with one attached hydrogen (secondary N) is 1. The van der Waals surface area contributed by atoms with E-state index in [0.717, 1.165) is 6.42 Å². The maximum atomic E-state index is 12.0. The first-order chi connectivity index (χ1) is 9.48. The minimum atomic E-state index is -0.844. The average molecular weight is 295 g/mol. The Bertz CT molecular complexity index is 406. The molecule has 1 rings (SSSR count). The highest BCUT2D eigenvalue weighted by atomic mass is 32.2. The normalized spacial score (nSPS) is 15.4. The molecule has 0 bridgehead atoms. The lowest BCUT2D eigenvalue weighted by atomic mass is 9.93. The summed E-state index contributed by atoms with van der Waals surface area (Å²) in [7, 11) is 0. The Morgan fingerprint density at radius 1 is 1.40 bits per heavy atom. The van der Waals surface area contributed by atoms with Crippen molar-refractivity contribution in [1.82, 2.24) is 5.32 Å². The van der Waals surface area contributed by atoms with Crippen LogP contribution in [-0.4, -0.2) is 35.2 Å². The molecule has 0 fully saturated rings. The van der Waals surface area contributed by atoms with Crippen molar-refractivity contribution in [1.29, 1.82) is 0 Å². The first-order valence-corrected chi connectivity index (χ1v) is 8.41. The fraction of sp³-hybridized carbons (Fsp3) is 0.562. The number of carbonyl (C=O) groups excluding carboxylic acids is 1. The highest BCUT2D eigenvalue weighted by molar-refractivity contribution is 7.98. The molecule has 2 atom stereocenters. The zero-order chi connectivity index (χ0) is 15.0. The Kier molecular flexibility index (Phi) is 7.10. The molecule has 0 aliphatic heterocycles. The van der Waals surface area contributed by atoms with Gasteiger partial charge in [-0.25, -0.2) is 0 Å². The largest absolute Gasteiger partial charge is 0.387 e. The molecule has 0 heterocycles. The molecule has 0 radical (unpaired) electrons. The van der Waals surface area contributed by atoms with Crippen LogP contribution in [0.5, 0.6) is 0 Å². The fourth-order valence-electron chi connectivity index (χ4n) is 2.17. The van der Waals surface area contributed by atoms with Crippen LogP contribution in [0.2, 0.25) is 0 Å². The monoisotopic (exact) mass is 295 g/mol. The number of hydrogen-bond acceptors (Lipinski definition) is 3. The van der Waals surface area contributed by atoms with Crippen LogP contribution in [0.15, 0.2) is 30.3 Å². The highest BCUT2D eigenvalue weighted by Crippen LogP contribution is 2.22. The highest BCUT2D eigenvalue weighted by Gasteiger charge is 2.21. The number of amides is 1. The molecule has 112 valence electrons. The standard InChI is InChI=1S/C16H25NO2S/c1-4-13(14-8-6-5-7-9-14)10-15(18)17-11-16(2,19)12-20-3/h5-9,13,19H,4,10-12H2,1-3H3,(H,17,18)/t13-,16+/m1/s1. The van der Waals surface area contributed by atoms with E-state index < -0.39 is 5.60 Å². The van der Waals surface area contributed by atoms with Crippen LogP contribution in [0.4, 0.5) is 0 Å². The van der Waals surface area contributed by atoms with E-state index in [2.05, 4.69) is 24.4 Å². The maximum Gasteiger partial charge on any atom is 0.220 e. The van der Waals surface area contributed by atoms with Gasteiger partial charge in [0, 0.05) is 18.7 Å². The molecule has 4 heteroatoms. The van der Waals surface area contributed by atoms with E-state index in [1.54, 1.807) is 18.7 Å². The lowest BCUT2D eigenvalue weighted by molar-refractivity contribution is -0.122. The van der Waals surface area contributed by atoms with Gasteiger partial charge in [-0.15, -0.1) is 0 Å². The number of hydrogen-bond donors (Lipinski definition) is 2. The summed E-state index contributed by atoms with van der Waals surface area (Å²) in [5.41, 5.74) is 0.352. The van der Waals surface area contributed by atoms with Crippen molar-refractivity contribution < 1.29 is 9.90 Å². The second kappa shape index (κ2) is 8.32. The van der Waals surface area contributed by atoms with Gasteiger partial charge in [0.15, 0.2) is 0 Å². The molecule has 20 heavy (non-hydrogen) atoms. The Balaban J connectivity index is 2.48. The molecule has 0 aliphatic rings. The molecule has 0 aromatic heterocycles. The first kappa shape index (κ1) is 17.1.